The van der Waals surface area contributed by atoms with Crippen LogP contribution in [0.1, 0.15) is 51.5 Å². The van der Waals surface area contributed by atoms with Crippen molar-refractivity contribution in [3.8, 4) is 5.75 Å². The predicted octanol–water partition coefficient (Wildman–Crippen LogP) is 7.99. The number of halogens is 4. The quantitative estimate of drug-likeness (QED) is 0.171. The van der Waals surface area contributed by atoms with Crippen LogP contribution in [0.5, 0.6) is 5.75 Å². The Hall–Kier alpha value is -3.15. The molecular formula is C30H34ClF3N2O5S. The van der Waals surface area contributed by atoms with Gasteiger partial charge in [-0.25, -0.2) is 0 Å². The number of furan rings is 1. The van der Waals surface area contributed by atoms with Crippen molar-refractivity contribution in [1.82, 2.24) is 4.90 Å². The third-order valence-corrected chi connectivity index (χ3v) is 7.18. The van der Waals surface area contributed by atoms with Crippen LogP contribution >= 0.6 is 23.4 Å². The number of rotatable bonds is 11. The number of alkyl halides is 3. The standard InChI is InChI=1S/C30H34ClF3N2O5S/c1-19-14-25(40-30(32,33)34)23(31)15-24(19)35-26(37)18-36(17-21-8-7-13-39-21)16-20-9-11-22(12-10-20)42-29(5,6)27(38)41-28(2,3)4/h7-15H,16-18H2,1-6H3,(H,35,37). The number of esters is 1. The summed E-state index contributed by atoms with van der Waals surface area (Å²) in [5.74, 6) is -0.590. The van der Waals surface area contributed by atoms with Crippen molar-refractivity contribution in [2.24, 2.45) is 0 Å². The molecule has 3 rings (SSSR count). The van der Waals surface area contributed by atoms with Gasteiger partial charge < -0.3 is 19.2 Å². The molecule has 0 saturated heterocycles. The lowest BCUT2D eigenvalue weighted by Gasteiger charge is -2.28. The highest BCUT2D eigenvalue weighted by molar-refractivity contribution is 8.01. The van der Waals surface area contributed by atoms with E-state index in [1.54, 1.807) is 25.3 Å². The zero-order chi connectivity index (χ0) is 31.3. The van der Waals surface area contributed by atoms with Gasteiger partial charge in [0.25, 0.3) is 0 Å². The van der Waals surface area contributed by atoms with Gasteiger partial charge in [-0.15, -0.1) is 24.9 Å². The van der Waals surface area contributed by atoms with Crippen LogP contribution in [0.2, 0.25) is 5.02 Å². The Morgan fingerprint density at radius 1 is 1.02 bits per heavy atom. The first-order valence-corrected chi connectivity index (χ1v) is 14.2. The molecule has 42 heavy (non-hydrogen) atoms. The smallest absolute Gasteiger partial charge is 0.468 e. The number of carbonyl (C=O) groups excluding carboxylic acids is 2. The Kier molecular flexibility index (Phi) is 10.7. The minimum absolute atomic E-state index is 0.0409. The van der Waals surface area contributed by atoms with Crippen molar-refractivity contribution in [1.29, 1.82) is 0 Å². The van der Waals surface area contributed by atoms with Crippen molar-refractivity contribution in [2.45, 2.75) is 76.2 Å². The first kappa shape index (κ1) is 33.4. The van der Waals surface area contributed by atoms with Crippen molar-refractivity contribution in [2.75, 3.05) is 11.9 Å². The van der Waals surface area contributed by atoms with Gasteiger partial charge in [0, 0.05) is 17.1 Å². The number of thioether (sulfide) groups is 1. The summed E-state index contributed by atoms with van der Waals surface area (Å²) in [6.07, 6.45) is -3.35. The van der Waals surface area contributed by atoms with E-state index in [0.717, 1.165) is 16.5 Å². The summed E-state index contributed by atoms with van der Waals surface area (Å²) in [6, 6.07) is 13.6. The van der Waals surface area contributed by atoms with Crippen LogP contribution in [0.4, 0.5) is 18.9 Å². The summed E-state index contributed by atoms with van der Waals surface area (Å²) >= 11 is 7.37. The summed E-state index contributed by atoms with van der Waals surface area (Å²) in [7, 11) is 0. The number of carbonyl (C=O) groups is 2. The summed E-state index contributed by atoms with van der Waals surface area (Å²) in [6.45, 7) is 11.3. The van der Waals surface area contributed by atoms with E-state index in [1.165, 1.54) is 17.8 Å². The Morgan fingerprint density at radius 2 is 1.69 bits per heavy atom. The summed E-state index contributed by atoms with van der Waals surface area (Å²) in [4.78, 5) is 28.4. The number of hydrogen-bond acceptors (Lipinski definition) is 7. The molecule has 1 aromatic heterocycles. The summed E-state index contributed by atoms with van der Waals surface area (Å²) in [5.41, 5.74) is 0.957. The summed E-state index contributed by atoms with van der Waals surface area (Å²) in [5, 5.41) is 2.44. The van der Waals surface area contributed by atoms with Crippen LogP contribution < -0.4 is 10.1 Å². The molecule has 0 spiro atoms. The molecule has 7 nitrogen and oxygen atoms in total. The molecule has 2 aromatic carbocycles. The highest BCUT2D eigenvalue weighted by Crippen LogP contribution is 2.36. The molecule has 1 N–H and O–H groups in total. The van der Waals surface area contributed by atoms with Crippen LogP contribution in [0.25, 0.3) is 0 Å². The molecule has 0 atom stereocenters. The monoisotopic (exact) mass is 626 g/mol. The van der Waals surface area contributed by atoms with Gasteiger partial charge in [0.15, 0.2) is 0 Å². The number of aryl methyl sites for hydroxylation is 1. The van der Waals surface area contributed by atoms with Crippen molar-refractivity contribution >= 4 is 40.9 Å². The Bertz CT molecular complexity index is 1370. The Balaban J connectivity index is 1.69. The van der Waals surface area contributed by atoms with Gasteiger partial charge in [0.2, 0.25) is 5.91 Å². The molecule has 12 heteroatoms. The lowest BCUT2D eigenvalue weighted by Crippen LogP contribution is -2.36. The fraction of sp³-hybridized carbons (Fsp3) is 0.400. The molecule has 0 aliphatic heterocycles. The third kappa shape index (κ3) is 10.6. The van der Waals surface area contributed by atoms with Gasteiger partial charge in [-0.1, -0.05) is 23.7 Å². The lowest BCUT2D eigenvalue weighted by molar-refractivity contribution is -0.274. The van der Waals surface area contributed by atoms with E-state index in [0.29, 0.717) is 24.4 Å². The predicted molar refractivity (Wildman–Crippen MR) is 157 cm³/mol. The highest BCUT2D eigenvalue weighted by Gasteiger charge is 2.34. The van der Waals surface area contributed by atoms with E-state index >= 15 is 0 Å². The topological polar surface area (TPSA) is 81.0 Å². The van der Waals surface area contributed by atoms with E-state index in [2.05, 4.69) is 10.1 Å². The fourth-order valence-corrected chi connectivity index (χ4v) is 5.02. The van der Waals surface area contributed by atoms with E-state index in [1.807, 2.05) is 63.8 Å². The molecule has 1 heterocycles. The van der Waals surface area contributed by atoms with Crippen LogP contribution in [-0.4, -0.2) is 40.0 Å². The van der Waals surface area contributed by atoms with Gasteiger partial charge in [0.05, 0.1) is 24.4 Å². The van der Waals surface area contributed by atoms with Gasteiger partial charge in [-0.3, -0.25) is 14.5 Å². The second-order valence-electron chi connectivity index (χ2n) is 11.2. The second-order valence-corrected chi connectivity index (χ2v) is 13.3. The number of benzene rings is 2. The average molecular weight is 627 g/mol. The van der Waals surface area contributed by atoms with E-state index < -0.39 is 28.4 Å². The molecule has 3 aromatic rings. The third-order valence-electron chi connectivity index (χ3n) is 5.70. The van der Waals surface area contributed by atoms with Crippen molar-refractivity contribution in [3.05, 3.63) is 76.7 Å². The highest BCUT2D eigenvalue weighted by atomic mass is 35.5. The van der Waals surface area contributed by atoms with Gasteiger partial charge in [-0.2, -0.15) is 0 Å². The van der Waals surface area contributed by atoms with Gasteiger partial charge >= 0.3 is 12.3 Å². The maximum atomic E-state index is 13.0. The lowest BCUT2D eigenvalue weighted by atomic mass is 10.1. The maximum Gasteiger partial charge on any atom is 0.573 e. The number of anilines is 1. The zero-order valence-corrected chi connectivity index (χ0v) is 25.8. The number of hydrogen-bond donors (Lipinski definition) is 1. The van der Waals surface area contributed by atoms with E-state index in [4.69, 9.17) is 20.8 Å². The van der Waals surface area contributed by atoms with Gasteiger partial charge in [0.1, 0.15) is 21.9 Å². The minimum atomic E-state index is -4.89. The number of nitrogens with one attached hydrogen (secondary N) is 1. The summed E-state index contributed by atoms with van der Waals surface area (Å²) < 4.78 is 52.1. The normalized spacial score (nSPS) is 12.4. The second kappa shape index (κ2) is 13.4. The molecule has 228 valence electrons. The van der Waals surface area contributed by atoms with Crippen LogP contribution in [-0.2, 0) is 27.4 Å². The van der Waals surface area contributed by atoms with Gasteiger partial charge in [-0.05, 0) is 89.1 Å². The number of amides is 1. The van der Waals surface area contributed by atoms with E-state index in [9.17, 15) is 22.8 Å². The Labute approximate surface area is 252 Å². The minimum Gasteiger partial charge on any atom is -0.468 e. The van der Waals surface area contributed by atoms with Crippen molar-refractivity contribution in [3.63, 3.8) is 0 Å². The molecular weight excluding hydrogens is 593 g/mol. The zero-order valence-electron chi connectivity index (χ0n) is 24.2. The van der Waals surface area contributed by atoms with E-state index in [-0.39, 0.29) is 23.2 Å². The van der Waals surface area contributed by atoms with Crippen LogP contribution in [0.15, 0.2) is 64.1 Å². The fourth-order valence-electron chi connectivity index (χ4n) is 3.83. The molecule has 0 unspecified atom stereocenters. The molecule has 0 radical (unpaired) electrons. The SMILES string of the molecule is Cc1cc(OC(F)(F)F)c(Cl)cc1NC(=O)CN(Cc1ccc(SC(C)(C)C(=O)OC(C)(C)C)cc1)Cc1ccco1. The molecule has 0 aliphatic carbocycles. The first-order valence-electron chi connectivity index (χ1n) is 13.0. The Morgan fingerprint density at radius 3 is 2.26 bits per heavy atom. The molecule has 0 fully saturated rings. The molecule has 0 saturated carbocycles. The average Bonchev–Trinajstić information content (AvgIpc) is 3.34. The molecule has 0 aliphatic rings. The number of nitrogens with zero attached hydrogens (tertiary/aromatic N) is 1. The van der Waals surface area contributed by atoms with Crippen LogP contribution in [0.3, 0.4) is 0 Å². The largest absolute Gasteiger partial charge is 0.573 e. The number of ether oxygens (including phenoxy) is 2. The maximum absolute atomic E-state index is 13.0. The van der Waals surface area contributed by atoms with Crippen molar-refractivity contribution < 1.29 is 36.7 Å². The molecule has 0 bridgehead atoms. The van der Waals surface area contributed by atoms with Crippen LogP contribution in [0, 0.1) is 6.92 Å². The molecule has 1 amide bonds. The first-order chi connectivity index (χ1) is 19.4.